The summed E-state index contributed by atoms with van der Waals surface area (Å²) in [6, 6.07) is 5.91. The molecule has 0 aliphatic carbocycles. The van der Waals surface area contributed by atoms with E-state index < -0.39 is 0 Å². The van der Waals surface area contributed by atoms with Crippen molar-refractivity contribution in [3.63, 3.8) is 0 Å². The molecule has 3 N–H and O–H groups in total. The number of nitrogens with two attached hydrogens (primary N) is 1. The van der Waals surface area contributed by atoms with Gasteiger partial charge in [0.05, 0.1) is 13.2 Å². The topological polar surface area (TPSA) is 67.6 Å². The van der Waals surface area contributed by atoms with Crippen molar-refractivity contribution in [1.29, 1.82) is 0 Å². The summed E-state index contributed by atoms with van der Waals surface area (Å²) in [5, 5.41) is 3.32. The van der Waals surface area contributed by atoms with Crippen molar-refractivity contribution in [1.82, 2.24) is 5.32 Å². The molecule has 0 saturated carbocycles. The molecule has 1 aromatic rings. The standard InChI is InChI=1S/C15H23N3O2/c1-3-17-9-12-4-5-13(8-11(12)2)18-6-7-20-10-14(18)15(16)19/h4-5,8,14,17H,3,6-7,9-10H2,1-2H3,(H2,16,19). The van der Waals surface area contributed by atoms with Gasteiger partial charge in [0, 0.05) is 18.8 Å². The SMILES string of the molecule is CCNCc1ccc(N2CCOCC2C(N)=O)cc1C. The minimum Gasteiger partial charge on any atom is -0.377 e. The summed E-state index contributed by atoms with van der Waals surface area (Å²) in [6.45, 7) is 7.69. The smallest absolute Gasteiger partial charge is 0.242 e. The van der Waals surface area contributed by atoms with Crippen molar-refractivity contribution in [3.05, 3.63) is 29.3 Å². The summed E-state index contributed by atoms with van der Waals surface area (Å²) >= 11 is 0. The van der Waals surface area contributed by atoms with Crippen LogP contribution in [0.1, 0.15) is 18.1 Å². The van der Waals surface area contributed by atoms with E-state index in [0.29, 0.717) is 19.8 Å². The first-order chi connectivity index (χ1) is 9.63. The lowest BCUT2D eigenvalue weighted by molar-refractivity contribution is -0.121. The summed E-state index contributed by atoms with van der Waals surface area (Å²) in [5.41, 5.74) is 8.99. The second-order valence-corrected chi connectivity index (χ2v) is 5.08. The Morgan fingerprint density at radius 2 is 2.35 bits per heavy atom. The highest BCUT2D eigenvalue weighted by Crippen LogP contribution is 2.23. The lowest BCUT2D eigenvalue weighted by Crippen LogP contribution is -2.52. The van der Waals surface area contributed by atoms with Crippen molar-refractivity contribution < 1.29 is 9.53 Å². The Bertz CT molecular complexity index is 476. The molecular weight excluding hydrogens is 254 g/mol. The molecule has 1 aromatic carbocycles. The second kappa shape index (κ2) is 6.72. The Kier molecular flexibility index (Phi) is 4.98. The van der Waals surface area contributed by atoms with Crippen molar-refractivity contribution in [2.24, 2.45) is 5.73 Å². The number of aryl methyl sites for hydroxylation is 1. The van der Waals surface area contributed by atoms with E-state index in [1.54, 1.807) is 0 Å². The molecule has 0 aromatic heterocycles. The zero-order chi connectivity index (χ0) is 14.5. The molecule has 1 saturated heterocycles. The van der Waals surface area contributed by atoms with Crippen molar-refractivity contribution >= 4 is 11.6 Å². The van der Waals surface area contributed by atoms with Crippen LogP contribution in [0.2, 0.25) is 0 Å². The number of amides is 1. The Morgan fingerprint density at radius 1 is 1.55 bits per heavy atom. The Hall–Kier alpha value is -1.59. The Labute approximate surface area is 120 Å². The van der Waals surface area contributed by atoms with E-state index in [9.17, 15) is 4.79 Å². The molecule has 1 amide bonds. The van der Waals surface area contributed by atoms with Gasteiger partial charge in [-0.05, 0) is 36.7 Å². The van der Waals surface area contributed by atoms with E-state index in [0.717, 1.165) is 18.8 Å². The van der Waals surface area contributed by atoms with E-state index in [2.05, 4.69) is 37.4 Å². The molecule has 0 radical (unpaired) electrons. The maximum absolute atomic E-state index is 11.5. The Balaban J connectivity index is 2.19. The molecule has 5 nitrogen and oxygen atoms in total. The fraction of sp³-hybridized carbons (Fsp3) is 0.533. The molecule has 20 heavy (non-hydrogen) atoms. The molecule has 1 aliphatic rings. The van der Waals surface area contributed by atoms with Gasteiger partial charge in [-0.3, -0.25) is 4.79 Å². The number of nitrogens with zero attached hydrogens (tertiary/aromatic N) is 1. The van der Waals surface area contributed by atoms with E-state index >= 15 is 0 Å². The summed E-state index contributed by atoms with van der Waals surface area (Å²) < 4.78 is 5.35. The maximum atomic E-state index is 11.5. The number of rotatable bonds is 5. The summed E-state index contributed by atoms with van der Waals surface area (Å²) in [7, 11) is 0. The number of carbonyl (C=O) groups excluding carboxylic acids is 1. The van der Waals surface area contributed by atoms with Crippen LogP contribution in [0.4, 0.5) is 5.69 Å². The maximum Gasteiger partial charge on any atom is 0.242 e. The third-order valence-electron chi connectivity index (χ3n) is 3.68. The van der Waals surface area contributed by atoms with Gasteiger partial charge >= 0.3 is 0 Å². The summed E-state index contributed by atoms with van der Waals surface area (Å²) in [6.07, 6.45) is 0. The summed E-state index contributed by atoms with van der Waals surface area (Å²) in [5.74, 6) is -0.334. The zero-order valence-corrected chi connectivity index (χ0v) is 12.2. The van der Waals surface area contributed by atoms with Gasteiger partial charge in [-0.2, -0.15) is 0 Å². The first-order valence-corrected chi connectivity index (χ1v) is 7.07. The Morgan fingerprint density at radius 3 is 3.00 bits per heavy atom. The highest BCUT2D eigenvalue weighted by atomic mass is 16.5. The van der Waals surface area contributed by atoms with Crippen LogP contribution in [0.5, 0.6) is 0 Å². The van der Waals surface area contributed by atoms with E-state index in [-0.39, 0.29) is 11.9 Å². The molecule has 0 spiro atoms. The van der Waals surface area contributed by atoms with Crippen LogP contribution in [-0.2, 0) is 16.1 Å². The fourth-order valence-corrected chi connectivity index (χ4v) is 2.47. The minimum absolute atomic E-state index is 0.334. The lowest BCUT2D eigenvalue weighted by Gasteiger charge is -2.35. The van der Waals surface area contributed by atoms with Gasteiger partial charge in [-0.15, -0.1) is 0 Å². The predicted molar refractivity (Wildman–Crippen MR) is 79.7 cm³/mol. The minimum atomic E-state index is -0.372. The van der Waals surface area contributed by atoms with Crippen LogP contribution in [0.15, 0.2) is 18.2 Å². The average Bonchev–Trinajstić information content (AvgIpc) is 2.46. The first kappa shape index (κ1) is 14.8. The van der Waals surface area contributed by atoms with E-state index in [1.165, 1.54) is 11.1 Å². The highest BCUT2D eigenvalue weighted by Gasteiger charge is 2.27. The van der Waals surface area contributed by atoms with Gasteiger partial charge in [0.2, 0.25) is 5.91 Å². The van der Waals surface area contributed by atoms with E-state index in [4.69, 9.17) is 10.5 Å². The van der Waals surface area contributed by atoms with Gasteiger partial charge in [-0.25, -0.2) is 0 Å². The van der Waals surface area contributed by atoms with Crippen molar-refractivity contribution in [3.8, 4) is 0 Å². The number of primary amides is 1. The molecule has 1 aliphatic heterocycles. The normalized spacial score (nSPS) is 19.1. The van der Waals surface area contributed by atoms with Gasteiger partial charge in [0.1, 0.15) is 6.04 Å². The van der Waals surface area contributed by atoms with Crippen molar-refractivity contribution in [2.45, 2.75) is 26.4 Å². The quantitative estimate of drug-likeness (QED) is 0.835. The number of hydrogen-bond acceptors (Lipinski definition) is 4. The lowest BCUT2D eigenvalue weighted by atomic mass is 10.1. The largest absolute Gasteiger partial charge is 0.377 e. The van der Waals surface area contributed by atoms with Crippen molar-refractivity contribution in [2.75, 3.05) is 31.2 Å². The second-order valence-electron chi connectivity index (χ2n) is 5.08. The van der Waals surface area contributed by atoms with Gasteiger partial charge < -0.3 is 20.7 Å². The molecule has 0 bridgehead atoms. The number of nitrogens with one attached hydrogen (secondary N) is 1. The molecule has 110 valence electrons. The number of anilines is 1. The molecule has 1 atom stereocenters. The molecular formula is C15H23N3O2. The molecule has 2 rings (SSSR count). The molecule has 1 heterocycles. The molecule has 1 unspecified atom stereocenters. The number of carbonyl (C=O) groups is 1. The average molecular weight is 277 g/mol. The van der Waals surface area contributed by atoms with Crippen LogP contribution in [-0.4, -0.2) is 38.3 Å². The molecule has 1 fully saturated rings. The van der Waals surface area contributed by atoms with Gasteiger partial charge in [0.15, 0.2) is 0 Å². The van der Waals surface area contributed by atoms with Gasteiger partial charge in [-0.1, -0.05) is 13.0 Å². The predicted octanol–water partition coefficient (Wildman–Crippen LogP) is 0.795. The highest BCUT2D eigenvalue weighted by molar-refractivity contribution is 5.84. The van der Waals surface area contributed by atoms with Crippen LogP contribution in [0, 0.1) is 6.92 Å². The fourth-order valence-electron chi connectivity index (χ4n) is 2.47. The first-order valence-electron chi connectivity index (χ1n) is 7.07. The zero-order valence-electron chi connectivity index (χ0n) is 12.2. The number of ether oxygens (including phenoxy) is 1. The van der Waals surface area contributed by atoms with Crippen LogP contribution < -0.4 is 16.0 Å². The molecule has 5 heteroatoms. The van der Waals surface area contributed by atoms with E-state index in [1.807, 2.05) is 4.90 Å². The number of hydrogen-bond donors (Lipinski definition) is 2. The third-order valence-corrected chi connectivity index (χ3v) is 3.68. The van der Waals surface area contributed by atoms with Gasteiger partial charge in [0.25, 0.3) is 0 Å². The van der Waals surface area contributed by atoms with Crippen LogP contribution in [0.3, 0.4) is 0 Å². The van der Waals surface area contributed by atoms with Crippen LogP contribution >= 0.6 is 0 Å². The summed E-state index contributed by atoms with van der Waals surface area (Å²) in [4.78, 5) is 13.6. The third kappa shape index (κ3) is 3.29. The van der Waals surface area contributed by atoms with Crippen LogP contribution in [0.25, 0.3) is 0 Å². The number of benzene rings is 1. The number of morpholine rings is 1. The monoisotopic (exact) mass is 277 g/mol.